The summed E-state index contributed by atoms with van der Waals surface area (Å²) in [6, 6.07) is 5.13. The van der Waals surface area contributed by atoms with E-state index >= 15 is 0 Å². The fraction of sp³-hybridized carbons (Fsp3) is 0.417. The molecule has 2 aliphatic rings. The molecule has 0 spiro atoms. The van der Waals surface area contributed by atoms with Crippen molar-refractivity contribution in [1.29, 1.82) is 5.53 Å². The summed E-state index contributed by atoms with van der Waals surface area (Å²) in [5.41, 5.74) is 10.3. The van der Waals surface area contributed by atoms with E-state index in [1.165, 1.54) is 34.0 Å². The van der Waals surface area contributed by atoms with Gasteiger partial charge in [0, 0.05) is 36.8 Å². The van der Waals surface area contributed by atoms with Crippen molar-refractivity contribution in [3.63, 3.8) is 0 Å². The second-order valence-corrected chi connectivity index (χ2v) is 11.8. The summed E-state index contributed by atoms with van der Waals surface area (Å²) >= 11 is 1.32. The van der Waals surface area contributed by atoms with E-state index in [2.05, 4.69) is 26.0 Å². The lowest BCUT2D eigenvalue weighted by atomic mass is 10.1. The molecule has 40 heavy (non-hydrogen) atoms. The number of aromatic nitrogens is 1. The maximum absolute atomic E-state index is 12.9. The summed E-state index contributed by atoms with van der Waals surface area (Å²) in [6.45, 7) is 0.866. The van der Waals surface area contributed by atoms with Crippen molar-refractivity contribution in [2.24, 2.45) is 5.11 Å². The van der Waals surface area contributed by atoms with Crippen LogP contribution in [0.4, 0.5) is 5.69 Å². The first-order valence-corrected chi connectivity index (χ1v) is 14.8. The molecule has 2 aliphatic heterocycles. The van der Waals surface area contributed by atoms with Crippen molar-refractivity contribution < 1.29 is 32.6 Å². The second kappa shape index (κ2) is 13.1. The van der Waals surface area contributed by atoms with Gasteiger partial charge in [-0.3, -0.25) is 9.59 Å². The standard InChI is InChI=1S/C24H29N7O7S2/c25-30-17(11-26-15-4-6-18(7-5-15)40(36,37)31-8-2-1-3-9-31)12-27-22(32)19(10-16-13-39-14-28-16)29-23(33)20-21(38-20)24(34)35/h4-7,11,13-14,19-21,25-26H,1-3,8-10,12H2,(H,27,32)(H,29,33)(H,34,35)/b17-11-,30-25?/t19-,20-,21-/m0/s1. The molecule has 0 aliphatic carbocycles. The molecular weight excluding hydrogens is 562 g/mol. The van der Waals surface area contributed by atoms with Crippen molar-refractivity contribution in [3.8, 4) is 0 Å². The van der Waals surface area contributed by atoms with E-state index in [-0.39, 0.29) is 23.6 Å². The van der Waals surface area contributed by atoms with Crippen LogP contribution in [0, 0.1) is 5.53 Å². The third-order valence-electron chi connectivity index (χ3n) is 6.32. The van der Waals surface area contributed by atoms with Gasteiger partial charge in [-0.2, -0.15) is 9.42 Å². The number of sulfonamides is 1. The molecular formula is C24H29N7O7S2. The Kier molecular flexibility index (Phi) is 9.57. The fourth-order valence-corrected chi connectivity index (χ4v) is 6.17. The van der Waals surface area contributed by atoms with Crippen molar-refractivity contribution in [2.45, 2.75) is 48.8 Å². The van der Waals surface area contributed by atoms with Gasteiger partial charge in [-0.1, -0.05) is 6.42 Å². The lowest BCUT2D eigenvalue weighted by molar-refractivity contribution is -0.138. The van der Waals surface area contributed by atoms with E-state index in [9.17, 15) is 22.8 Å². The van der Waals surface area contributed by atoms with Crippen molar-refractivity contribution in [1.82, 2.24) is 19.9 Å². The Balaban J connectivity index is 1.34. The SMILES string of the molecule is N=N/C(=C\Nc1ccc(S(=O)(=O)N2CCCCC2)cc1)CNC(=O)[C@H](Cc1cscn1)NC(=O)[C@H]1O[C@@H]1C(=O)O. The van der Waals surface area contributed by atoms with Gasteiger partial charge in [-0.25, -0.2) is 23.7 Å². The number of anilines is 1. The van der Waals surface area contributed by atoms with Gasteiger partial charge < -0.3 is 25.8 Å². The van der Waals surface area contributed by atoms with Crippen LogP contribution < -0.4 is 16.0 Å². The van der Waals surface area contributed by atoms with Crippen LogP contribution in [0.25, 0.3) is 0 Å². The van der Waals surface area contributed by atoms with Gasteiger partial charge in [0.2, 0.25) is 15.9 Å². The predicted molar refractivity (Wildman–Crippen MR) is 143 cm³/mol. The number of hydrogen-bond donors (Lipinski definition) is 5. The monoisotopic (exact) mass is 591 g/mol. The lowest BCUT2D eigenvalue weighted by Gasteiger charge is -2.25. The number of benzene rings is 1. The Labute approximate surface area is 234 Å². The van der Waals surface area contributed by atoms with E-state index in [1.54, 1.807) is 23.0 Å². The van der Waals surface area contributed by atoms with Gasteiger partial charge >= 0.3 is 5.97 Å². The molecule has 2 saturated heterocycles. The molecule has 1 aromatic heterocycles. The average Bonchev–Trinajstić information content (AvgIpc) is 3.62. The Morgan fingerprint density at radius 1 is 1.20 bits per heavy atom. The van der Waals surface area contributed by atoms with Crippen LogP contribution in [-0.4, -0.2) is 78.5 Å². The molecule has 0 radical (unpaired) electrons. The number of nitrogens with one attached hydrogen (secondary N) is 4. The van der Waals surface area contributed by atoms with Gasteiger partial charge in [-0.05, 0) is 37.1 Å². The molecule has 4 rings (SSSR count). The molecule has 214 valence electrons. The number of rotatable bonds is 13. The summed E-state index contributed by atoms with van der Waals surface area (Å²) in [6.07, 6.45) is 1.75. The van der Waals surface area contributed by atoms with Crippen LogP contribution in [0.2, 0.25) is 0 Å². The molecule has 0 saturated carbocycles. The molecule has 14 nitrogen and oxygen atoms in total. The molecule has 3 atom stereocenters. The minimum Gasteiger partial charge on any atom is -0.479 e. The number of carboxylic acids is 1. The number of epoxide rings is 1. The third-order valence-corrected chi connectivity index (χ3v) is 8.87. The molecule has 0 bridgehead atoms. The summed E-state index contributed by atoms with van der Waals surface area (Å²) in [5, 5.41) is 22.1. The summed E-state index contributed by atoms with van der Waals surface area (Å²) in [5.74, 6) is -2.58. The number of carboxylic acid groups (broad SMARTS) is 1. The first-order valence-electron chi connectivity index (χ1n) is 12.5. The average molecular weight is 592 g/mol. The molecule has 2 amide bonds. The Morgan fingerprint density at radius 2 is 1.93 bits per heavy atom. The molecule has 16 heteroatoms. The number of nitrogens with zero attached hydrogens (tertiary/aromatic N) is 3. The minimum atomic E-state index is -3.55. The van der Waals surface area contributed by atoms with Crippen LogP contribution >= 0.6 is 11.3 Å². The normalized spacial score (nSPS) is 20.2. The zero-order valence-corrected chi connectivity index (χ0v) is 22.9. The highest BCUT2D eigenvalue weighted by atomic mass is 32.2. The van der Waals surface area contributed by atoms with E-state index in [1.807, 2.05) is 0 Å². The number of amides is 2. The van der Waals surface area contributed by atoms with Crippen molar-refractivity contribution >= 4 is 44.8 Å². The van der Waals surface area contributed by atoms with Crippen molar-refractivity contribution in [3.05, 3.63) is 52.7 Å². The number of aliphatic carboxylic acids is 1. The highest BCUT2D eigenvalue weighted by molar-refractivity contribution is 7.89. The molecule has 2 aromatic rings. The molecule has 3 heterocycles. The third kappa shape index (κ3) is 7.47. The van der Waals surface area contributed by atoms with Crippen molar-refractivity contribution in [2.75, 3.05) is 25.0 Å². The maximum Gasteiger partial charge on any atom is 0.336 e. The predicted octanol–water partition coefficient (Wildman–Crippen LogP) is 1.30. The van der Waals surface area contributed by atoms with Gasteiger partial charge in [0.25, 0.3) is 5.91 Å². The molecule has 5 N–H and O–H groups in total. The maximum atomic E-state index is 12.9. The summed E-state index contributed by atoms with van der Waals surface area (Å²) in [4.78, 5) is 40.6. The highest BCUT2D eigenvalue weighted by Crippen LogP contribution is 2.23. The lowest BCUT2D eigenvalue weighted by Crippen LogP contribution is -2.50. The summed E-state index contributed by atoms with van der Waals surface area (Å²) in [7, 11) is -3.55. The van der Waals surface area contributed by atoms with Crippen LogP contribution in [0.3, 0.4) is 0 Å². The number of ether oxygens (including phenoxy) is 1. The number of carbonyl (C=O) groups excluding carboxylic acids is 2. The zero-order chi connectivity index (χ0) is 28.7. The van der Waals surface area contributed by atoms with Crippen LogP contribution in [0.15, 0.2) is 57.1 Å². The zero-order valence-electron chi connectivity index (χ0n) is 21.3. The van der Waals surface area contributed by atoms with E-state index in [0.717, 1.165) is 19.3 Å². The Hall–Kier alpha value is -3.73. The van der Waals surface area contributed by atoms with E-state index in [4.69, 9.17) is 15.4 Å². The minimum absolute atomic E-state index is 0.0630. The second-order valence-electron chi connectivity index (χ2n) is 9.16. The number of carbonyl (C=O) groups is 3. The topological polar surface area (TPSA) is 207 Å². The Morgan fingerprint density at radius 3 is 2.52 bits per heavy atom. The van der Waals surface area contributed by atoms with Crippen LogP contribution in [0.5, 0.6) is 0 Å². The fourth-order valence-electron chi connectivity index (χ4n) is 4.08. The first-order chi connectivity index (χ1) is 19.2. The van der Waals surface area contributed by atoms with Gasteiger partial charge in [0.1, 0.15) is 6.04 Å². The van der Waals surface area contributed by atoms with E-state index < -0.39 is 46.1 Å². The number of piperidine rings is 1. The first kappa shape index (κ1) is 29.3. The molecule has 1 aromatic carbocycles. The number of hydrogen-bond acceptors (Lipinski definition) is 11. The van der Waals surface area contributed by atoms with Gasteiger partial charge in [0.05, 0.1) is 28.3 Å². The summed E-state index contributed by atoms with van der Waals surface area (Å²) < 4.78 is 32.0. The van der Waals surface area contributed by atoms with Crippen LogP contribution in [0.1, 0.15) is 25.0 Å². The Bertz CT molecular complexity index is 1360. The highest BCUT2D eigenvalue weighted by Gasteiger charge is 2.51. The van der Waals surface area contributed by atoms with Gasteiger partial charge in [-0.15, -0.1) is 11.3 Å². The molecule has 2 fully saturated rings. The quantitative estimate of drug-likeness (QED) is 0.168. The molecule has 0 unspecified atom stereocenters. The van der Waals surface area contributed by atoms with E-state index in [0.29, 0.717) is 24.5 Å². The smallest absolute Gasteiger partial charge is 0.336 e. The largest absolute Gasteiger partial charge is 0.479 e. The van der Waals surface area contributed by atoms with Gasteiger partial charge in [0.15, 0.2) is 12.2 Å². The number of thiazole rings is 1. The van der Waals surface area contributed by atoms with Crippen LogP contribution in [-0.2, 0) is 35.6 Å².